The van der Waals surface area contributed by atoms with Crippen LogP contribution in [0.15, 0.2) is 30.3 Å². The van der Waals surface area contributed by atoms with Crippen LogP contribution in [0, 0.1) is 19.8 Å². The highest BCUT2D eigenvalue weighted by atomic mass is 16.1. The van der Waals surface area contributed by atoms with Crippen molar-refractivity contribution in [3.05, 3.63) is 52.8 Å². The van der Waals surface area contributed by atoms with Gasteiger partial charge in [-0.05, 0) is 51.3 Å². The van der Waals surface area contributed by atoms with E-state index in [1.807, 2.05) is 17.7 Å². The Balaban J connectivity index is 1.64. The lowest BCUT2D eigenvalue weighted by Crippen LogP contribution is -2.37. The van der Waals surface area contributed by atoms with Gasteiger partial charge in [0.05, 0.1) is 18.2 Å². The molecule has 152 valence electrons. The van der Waals surface area contributed by atoms with Gasteiger partial charge in [-0.25, -0.2) is 0 Å². The monoisotopic (exact) mass is 382 g/mol. The maximum Gasteiger partial charge on any atom is 0.224 e. The molecular weight excluding hydrogens is 348 g/mol. The van der Waals surface area contributed by atoms with Crippen LogP contribution in [0.5, 0.6) is 0 Å². The minimum Gasteiger partial charge on any atom is -0.354 e. The summed E-state index contributed by atoms with van der Waals surface area (Å²) in [5.41, 5.74) is 4.42. The molecule has 1 saturated heterocycles. The molecule has 1 fully saturated rings. The third-order valence-electron chi connectivity index (χ3n) is 5.67. The zero-order valence-corrected chi connectivity index (χ0v) is 17.7. The number of amides is 1. The molecule has 1 aromatic heterocycles. The maximum atomic E-state index is 12.7. The molecule has 1 amide bonds. The van der Waals surface area contributed by atoms with Crippen LogP contribution in [0.4, 0.5) is 0 Å². The molecule has 5 heteroatoms. The number of rotatable bonds is 8. The van der Waals surface area contributed by atoms with Gasteiger partial charge in [0, 0.05) is 24.3 Å². The van der Waals surface area contributed by atoms with Crippen molar-refractivity contribution in [3.63, 3.8) is 0 Å². The van der Waals surface area contributed by atoms with Crippen LogP contribution in [-0.2, 0) is 17.8 Å². The third kappa shape index (κ3) is 5.02. The van der Waals surface area contributed by atoms with E-state index in [4.69, 9.17) is 0 Å². The first-order valence-corrected chi connectivity index (χ1v) is 10.5. The number of aryl methyl sites for hydroxylation is 1. The molecule has 0 unspecified atom stereocenters. The van der Waals surface area contributed by atoms with E-state index in [0.717, 1.165) is 36.6 Å². The number of benzene rings is 1. The predicted molar refractivity (Wildman–Crippen MR) is 113 cm³/mol. The number of carbonyl (C=O) groups excluding carboxylic acids is 1. The topological polar surface area (TPSA) is 50.2 Å². The molecule has 0 aliphatic carbocycles. The van der Waals surface area contributed by atoms with Gasteiger partial charge in [-0.1, -0.05) is 44.2 Å². The van der Waals surface area contributed by atoms with E-state index in [-0.39, 0.29) is 11.9 Å². The number of hydrogen-bond acceptors (Lipinski definition) is 3. The molecule has 0 radical (unpaired) electrons. The molecule has 1 aliphatic rings. The SMILES string of the molecule is Cc1nn(CC(C)C)c(C)c1CC(=O)NC[C@@H](c1ccccc1)N1CCCC1. The minimum absolute atomic E-state index is 0.0791. The van der Waals surface area contributed by atoms with Gasteiger partial charge in [-0.15, -0.1) is 0 Å². The summed E-state index contributed by atoms with van der Waals surface area (Å²) in [6.45, 7) is 12.2. The molecule has 0 saturated carbocycles. The van der Waals surface area contributed by atoms with E-state index in [1.165, 1.54) is 18.4 Å². The number of nitrogens with one attached hydrogen (secondary N) is 1. The van der Waals surface area contributed by atoms with E-state index in [2.05, 4.69) is 60.4 Å². The van der Waals surface area contributed by atoms with Crippen LogP contribution in [0.25, 0.3) is 0 Å². The van der Waals surface area contributed by atoms with Crippen molar-refractivity contribution < 1.29 is 4.79 Å². The summed E-state index contributed by atoms with van der Waals surface area (Å²) in [5.74, 6) is 0.613. The quantitative estimate of drug-likeness (QED) is 0.758. The van der Waals surface area contributed by atoms with Gasteiger partial charge in [0.25, 0.3) is 0 Å². The summed E-state index contributed by atoms with van der Waals surface area (Å²) < 4.78 is 2.04. The second-order valence-corrected chi connectivity index (χ2v) is 8.38. The van der Waals surface area contributed by atoms with Crippen LogP contribution >= 0.6 is 0 Å². The van der Waals surface area contributed by atoms with Crippen molar-refractivity contribution in [2.45, 2.75) is 59.5 Å². The number of carbonyl (C=O) groups is 1. The first-order chi connectivity index (χ1) is 13.5. The van der Waals surface area contributed by atoms with Crippen LogP contribution in [-0.4, -0.2) is 40.2 Å². The van der Waals surface area contributed by atoms with E-state index in [1.54, 1.807) is 0 Å². The fraction of sp³-hybridized carbons (Fsp3) is 0.565. The maximum absolute atomic E-state index is 12.7. The molecule has 1 N–H and O–H groups in total. The average molecular weight is 383 g/mol. The summed E-state index contributed by atoms with van der Waals surface area (Å²) in [4.78, 5) is 15.2. The Hall–Kier alpha value is -2.14. The van der Waals surface area contributed by atoms with Crippen LogP contribution in [0.2, 0.25) is 0 Å². The molecule has 28 heavy (non-hydrogen) atoms. The van der Waals surface area contributed by atoms with Gasteiger partial charge in [0.15, 0.2) is 0 Å². The van der Waals surface area contributed by atoms with Crippen LogP contribution in [0.1, 0.15) is 55.2 Å². The van der Waals surface area contributed by atoms with Gasteiger partial charge in [-0.2, -0.15) is 5.10 Å². The Bertz CT molecular complexity index is 775. The van der Waals surface area contributed by atoms with E-state index >= 15 is 0 Å². The van der Waals surface area contributed by atoms with Gasteiger partial charge < -0.3 is 5.32 Å². The largest absolute Gasteiger partial charge is 0.354 e. The zero-order chi connectivity index (χ0) is 20.1. The highest BCUT2D eigenvalue weighted by molar-refractivity contribution is 5.79. The summed E-state index contributed by atoms with van der Waals surface area (Å²) >= 11 is 0. The lowest BCUT2D eigenvalue weighted by Gasteiger charge is -2.28. The first-order valence-electron chi connectivity index (χ1n) is 10.5. The second kappa shape index (κ2) is 9.37. The van der Waals surface area contributed by atoms with E-state index in [9.17, 15) is 4.79 Å². The molecule has 1 atom stereocenters. The molecule has 0 spiro atoms. The Labute approximate surface area is 169 Å². The summed E-state index contributed by atoms with van der Waals surface area (Å²) in [6.07, 6.45) is 2.88. The Kier molecular flexibility index (Phi) is 6.89. The number of likely N-dealkylation sites (tertiary alicyclic amines) is 1. The number of aromatic nitrogens is 2. The van der Waals surface area contributed by atoms with Gasteiger partial charge in [0.2, 0.25) is 5.91 Å². The molecular formula is C23H34N4O. The van der Waals surface area contributed by atoms with Gasteiger partial charge in [0.1, 0.15) is 0 Å². The summed E-state index contributed by atoms with van der Waals surface area (Å²) in [6, 6.07) is 10.8. The number of nitrogens with zero attached hydrogens (tertiary/aromatic N) is 3. The zero-order valence-electron chi connectivity index (χ0n) is 17.7. The molecule has 1 aliphatic heterocycles. The summed E-state index contributed by atoms with van der Waals surface area (Å²) in [5, 5.41) is 7.83. The second-order valence-electron chi connectivity index (χ2n) is 8.38. The fourth-order valence-corrected chi connectivity index (χ4v) is 4.13. The standard InChI is InChI=1S/C23H34N4O/c1-17(2)16-27-19(4)21(18(3)25-27)14-23(28)24-15-22(26-12-8-9-13-26)20-10-6-5-7-11-20/h5-7,10-11,17,22H,8-9,12-16H2,1-4H3,(H,24,28)/t22-/m0/s1. The lowest BCUT2D eigenvalue weighted by molar-refractivity contribution is -0.120. The van der Waals surface area contributed by atoms with Crippen molar-refractivity contribution in [1.29, 1.82) is 0 Å². The Morgan fingerprint density at radius 2 is 1.82 bits per heavy atom. The normalized spacial score (nSPS) is 15.9. The smallest absolute Gasteiger partial charge is 0.224 e. The van der Waals surface area contributed by atoms with Crippen molar-refractivity contribution in [2.24, 2.45) is 5.92 Å². The van der Waals surface area contributed by atoms with Crippen LogP contribution < -0.4 is 5.32 Å². The fourth-order valence-electron chi connectivity index (χ4n) is 4.13. The lowest BCUT2D eigenvalue weighted by atomic mass is 10.0. The highest BCUT2D eigenvalue weighted by Crippen LogP contribution is 2.24. The molecule has 0 bridgehead atoms. The average Bonchev–Trinajstić information content (AvgIpc) is 3.27. The highest BCUT2D eigenvalue weighted by Gasteiger charge is 2.24. The Morgan fingerprint density at radius 1 is 1.14 bits per heavy atom. The minimum atomic E-state index is 0.0791. The van der Waals surface area contributed by atoms with Crippen LogP contribution in [0.3, 0.4) is 0 Å². The van der Waals surface area contributed by atoms with E-state index < -0.39 is 0 Å². The molecule has 1 aromatic carbocycles. The molecule has 2 heterocycles. The third-order valence-corrected chi connectivity index (χ3v) is 5.67. The van der Waals surface area contributed by atoms with Crippen molar-refractivity contribution in [1.82, 2.24) is 20.0 Å². The van der Waals surface area contributed by atoms with Crippen molar-refractivity contribution >= 4 is 5.91 Å². The summed E-state index contributed by atoms with van der Waals surface area (Å²) in [7, 11) is 0. The van der Waals surface area contributed by atoms with Gasteiger partial charge in [-0.3, -0.25) is 14.4 Å². The molecule has 2 aromatic rings. The Morgan fingerprint density at radius 3 is 2.46 bits per heavy atom. The molecule has 3 rings (SSSR count). The molecule has 5 nitrogen and oxygen atoms in total. The first kappa shape index (κ1) is 20.6. The van der Waals surface area contributed by atoms with Gasteiger partial charge >= 0.3 is 0 Å². The van der Waals surface area contributed by atoms with E-state index in [0.29, 0.717) is 18.9 Å². The van der Waals surface area contributed by atoms with Crippen molar-refractivity contribution in [2.75, 3.05) is 19.6 Å². The predicted octanol–water partition coefficient (Wildman–Crippen LogP) is 3.65. The van der Waals surface area contributed by atoms with Crippen molar-refractivity contribution in [3.8, 4) is 0 Å². The number of hydrogen-bond donors (Lipinski definition) is 1.